The Balaban J connectivity index is 0.000000171. The maximum Gasteiger partial charge on any atom is 0.223 e. The lowest BCUT2D eigenvalue weighted by atomic mass is 9.67. The maximum absolute atomic E-state index is 10.7. The van der Waals surface area contributed by atoms with E-state index in [1.54, 1.807) is 9.46 Å². The summed E-state index contributed by atoms with van der Waals surface area (Å²) in [6, 6.07) is 54.8. The average molecular weight is 745 g/mol. The van der Waals surface area contributed by atoms with Crippen LogP contribution in [0.1, 0.15) is 51.8 Å². The van der Waals surface area contributed by atoms with Gasteiger partial charge < -0.3 is 14.7 Å². The first-order valence-corrected chi connectivity index (χ1v) is 18.8. The number of aryl methyl sites for hydroxylation is 2. The first-order chi connectivity index (χ1) is 27.3. The monoisotopic (exact) mass is 744 g/mol. The number of nitrogens with zero attached hydrogens (tertiary/aromatic N) is 2. The van der Waals surface area contributed by atoms with Gasteiger partial charge in [0.25, 0.3) is 0 Å². The van der Waals surface area contributed by atoms with Crippen LogP contribution >= 0.6 is 0 Å². The highest BCUT2D eigenvalue weighted by Gasteiger charge is 2.35. The third-order valence-corrected chi connectivity index (χ3v) is 9.64. The summed E-state index contributed by atoms with van der Waals surface area (Å²) < 4.78 is 8.13. The SMILES string of the molecule is Cc1cccc(O[n+]2ccccc2)c1C.Cc1cccc(O[n+]2ccccc2)c1C.[O-]B([O-])OCCCC(c1ccccc1)(c1ccccc1)c1ccccc1. The molecule has 0 N–H and O–H groups in total. The van der Waals surface area contributed by atoms with E-state index in [0.717, 1.165) is 17.9 Å². The third kappa shape index (κ3) is 11.5. The fourth-order valence-electron chi connectivity index (χ4n) is 6.38. The molecule has 0 saturated heterocycles. The van der Waals surface area contributed by atoms with E-state index in [4.69, 9.17) is 14.3 Å². The first-order valence-electron chi connectivity index (χ1n) is 18.8. The Labute approximate surface area is 331 Å². The van der Waals surface area contributed by atoms with Gasteiger partial charge in [-0.1, -0.05) is 127 Å². The highest BCUT2D eigenvalue weighted by Crippen LogP contribution is 2.43. The van der Waals surface area contributed by atoms with Crippen molar-refractivity contribution < 1.29 is 33.8 Å². The Morgan fingerprint density at radius 2 is 0.821 bits per heavy atom. The molecule has 5 aromatic carbocycles. The van der Waals surface area contributed by atoms with Crippen LogP contribution in [0.3, 0.4) is 0 Å². The summed E-state index contributed by atoms with van der Waals surface area (Å²) in [5.41, 5.74) is 8.00. The van der Waals surface area contributed by atoms with E-state index in [1.807, 2.05) is 140 Å². The van der Waals surface area contributed by atoms with Crippen LogP contribution < -0.4 is 29.2 Å². The Hall–Kier alpha value is -6.06. The number of rotatable bonds is 12. The van der Waals surface area contributed by atoms with Crippen LogP contribution in [0.4, 0.5) is 0 Å². The number of aromatic nitrogens is 2. The van der Waals surface area contributed by atoms with E-state index >= 15 is 0 Å². The first kappa shape index (κ1) is 41.1. The molecule has 56 heavy (non-hydrogen) atoms. The lowest BCUT2D eigenvalue weighted by Gasteiger charge is -2.37. The lowest BCUT2D eigenvalue weighted by molar-refractivity contribution is -0.875. The Kier molecular flexibility index (Phi) is 15.5. The molecule has 0 aliphatic carbocycles. The lowest BCUT2D eigenvalue weighted by Crippen LogP contribution is -2.48. The summed E-state index contributed by atoms with van der Waals surface area (Å²) in [6.07, 6.45) is 8.85. The van der Waals surface area contributed by atoms with Gasteiger partial charge in [-0.05, 0) is 80.5 Å². The summed E-state index contributed by atoms with van der Waals surface area (Å²) in [5.74, 6) is 1.79. The summed E-state index contributed by atoms with van der Waals surface area (Å²) in [5, 5.41) is 21.4. The van der Waals surface area contributed by atoms with E-state index < -0.39 is 7.32 Å². The summed E-state index contributed by atoms with van der Waals surface area (Å²) in [4.78, 5) is 11.4. The van der Waals surface area contributed by atoms with E-state index in [0.29, 0.717) is 6.42 Å². The number of benzene rings is 5. The second-order valence-corrected chi connectivity index (χ2v) is 13.3. The molecule has 0 atom stereocenters. The molecule has 0 radical (unpaired) electrons. The molecule has 0 amide bonds. The summed E-state index contributed by atoms with van der Waals surface area (Å²) >= 11 is 0. The molecule has 0 bridgehead atoms. The molecule has 7 nitrogen and oxygen atoms in total. The van der Waals surface area contributed by atoms with Crippen molar-refractivity contribution in [2.24, 2.45) is 0 Å². The number of hydrogen-bond acceptors (Lipinski definition) is 5. The molecular weight excluding hydrogens is 695 g/mol. The zero-order chi connectivity index (χ0) is 39.6. The molecule has 7 rings (SSSR count). The van der Waals surface area contributed by atoms with Crippen LogP contribution in [0, 0.1) is 27.7 Å². The molecule has 0 aliphatic heterocycles. The summed E-state index contributed by atoms with van der Waals surface area (Å²) in [6.45, 7) is 8.45. The van der Waals surface area contributed by atoms with Crippen LogP contribution in [0.5, 0.6) is 11.5 Å². The Bertz CT molecular complexity index is 1990. The van der Waals surface area contributed by atoms with E-state index in [1.165, 1.54) is 38.9 Å². The van der Waals surface area contributed by atoms with Gasteiger partial charge in [0.1, 0.15) is 0 Å². The minimum atomic E-state index is -2.23. The molecule has 8 heteroatoms. The fraction of sp³-hybridized carbons (Fsp3) is 0.167. The van der Waals surface area contributed by atoms with Crippen LogP contribution in [-0.2, 0) is 10.1 Å². The molecule has 0 saturated carbocycles. The molecule has 284 valence electrons. The molecule has 2 aromatic heterocycles. The van der Waals surface area contributed by atoms with Gasteiger partial charge in [-0.3, -0.25) is 0 Å². The van der Waals surface area contributed by atoms with Gasteiger partial charge in [0.2, 0.25) is 36.3 Å². The van der Waals surface area contributed by atoms with Crippen molar-refractivity contribution in [1.82, 2.24) is 0 Å². The smallest absolute Gasteiger partial charge is 0.223 e. The fourth-order valence-corrected chi connectivity index (χ4v) is 6.38. The van der Waals surface area contributed by atoms with Crippen molar-refractivity contribution in [2.75, 3.05) is 6.61 Å². The molecule has 0 unspecified atom stereocenters. The predicted molar refractivity (Wildman–Crippen MR) is 217 cm³/mol. The van der Waals surface area contributed by atoms with Gasteiger partial charge in [-0.15, -0.1) is 0 Å². The molecule has 0 spiro atoms. The zero-order valence-electron chi connectivity index (χ0n) is 32.5. The van der Waals surface area contributed by atoms with Crippen molar-refractivity contribution in [3.8, 4) is 11.5 Å². The molecule has 0 aliphatic rings. The van der Waals surface area contributed by atoms with Gasteiger partial charge in [-0.2, -0.15) is 0 Å². The van der Waals surface area contributed by atoms with Crippen molar-refractivity contribution in [3.63, 3.8) is 0 Å². The second-order valence-electron chi connectivity index (χ2n) is 13.3. The van der Waals surface area contributed by atoms with Gasteiger partial charge in [0, 0.05) is 56.9 Å². The van der Waals surface area contributed by atoms with E-state index in [-0.39, 0.29) is 12.0 Å². The highest BCUT2D eigenvalue weighted by atomic mass is 16.7. The van der Waals surface area contributed by atoms with Crippen molar-refractivity contribution in [2.45, 2.75) is 46.0 Å². The van der Waals surface area contributed by atoms with E-state index in [9.17, 15) is 10.0 Å². The quantitative estimate of drug-likeness (QED) is 0.0565. The topological polar surface area (TPSA) is 81.6 Å². The van der Waals surface area contributed by atoms with Crippen LogP contribution in [0.15, 0.2) is 189 Å². The van der Waals surface area contributed by atoms with Gasteiger partial charge in [0.15, 0.2) is 0 Å². The largest absolute Gasteiger partial charge is 0.871 e. The molecular formula is C48H49BN2O5. The maximum atomic E-state index is 10.7. The van der Waals surface area contributed by atoms with Gasteiger partial charge in [-0.25, -0.2) is 9.68 Å². The second kappa shape index (κ2) is 21.1. The Morgan fingerprint density at radius 1 is 0.464 bits per heavy atom. The minimum absolute atomic E-state index is 0.159. The van der Waals surface area contributed by atoms with Crippen molar-refractivity contribution in [1.29, 1.82) is 0 Å². The van der Waals surface area contributed by atoms with Crippen LogP contribution in [0.25, 0.3) is 0 Å². The normalized spacial score (nSPS) is 10.6. The predicted octanol–water partition coefficient (Wildman–Crippen LogP) is 7.39. The molecule has 2 heterocycles. The van der Waals surface area contributed by atoms with Gasteiger partial charge in [0.05, 0.1) is 7.32 Å². The number of pyridine rings is 2. The average Bonchev–Trinajstić information content (AvgIpc) is 3.24. The standard InChI is InChI=1S/C22H21BO3.2C13H14NO/c24-23(25)26-18-10-17-22(19-11-4-1-5-12-19,20-13-6-2-7-14-20)21-15-8-3-9-16-21;2*1-11-7-6-8-13(12(11)2)15-14-9-4-3-5-10-14/h1-9,11-16H,10,17-18H2;2*3-10H,1-2H3/q-2;2*+1. The summed E-state index contributed by atoms with van der Waals surface area (Å²) in [7, 11) is -2.23. The molecule has 7 aromatic rings. The van der Waals surface area contributed by atoms with Crippen LogP contribution in [0.2, 0.25) is 0 Å². The number of hydrogen-bond donors (Lipinski definition) is 0. The molecule has 0 fully saturated rings. The third-order valence-electron chi connectivity index (χ3n) is 9.64. The van der Waals surface area contributed by atoms with E-state index in [2.05, 4.69) is 76.2 Å². The zero-order valence-corrected chi connectivity index (χ0v) is 32.5. The van der Waals surface area contributed by atoms with Crippen LogP contribution in [-0.4, -0.2) is 13.9 Å². The van der Waals surface area contributed by atoms with Gasteiger partial charge >= 0.3 is 0 Å². The van der Waals surface area contributed by atoms with Crippen molar-refractivity contribution >= 4 is 7.32 Å². The minimum Gasteiger partial charge on any atom is -0.871 e. The Morgan fingerprint density at radius 3 is 1.18 bits per heavy atom. The van der Waals surface area contributed by atoms with Crippen molar-refractivity contribution in [3.05, 3.63) is 228 Å². The highest BCUT2D eigenvalue weighted by molar-refractivity contribution is 6.28.